The minimum Gasteiger partial charge on any atom is -0.378 e. The Kier molecular flexibility index (Phi) is 6.14. The van der Waals surface area contributed by atoms with Crippen LogP contribution in [0.5, 0.6) is 0 Å². The summed E-state index contributed by atoms with van der Waals surface area (Å²) in [6.45, 7) is 3.07. The molecule has 0 radical (unpaired) electrons. The van der Waals surface area contributed by atoms with Gasteiger partial charge in [0.25, 0.3) is 0 Å². The summed E-state index contributed by atoms with van der Waals surface area (Å²) >= 11 is 1.60. The number of benzene rings is 1. The summed E-state index contributed by atoms with van der Waals surface area (Å²) in [4.78, 5) is 30.8. The highest BCUT2D eigenvalue weighted by molar-refractivity contribution is 7.92. The fourth-order valence-corrected chi connectivity index (χ4v) is 8.07. The molecule has 2 aromatic rings. The van der Waals surface area contributed by atoms with Crippen molar-refractivity contribution in [2.45, 2.75) is 43.0 Å². The normalized spacial score (nSPS) is 26.1. The van der Waals surface area contributed by atoms with Crippen molar-refractivity contribution < 1.29 is 22.7 Å². The molecular formula is C21H27N5O5S2. The maximum Gasteiger partial charge on any atom is 0.315 e. The van der Waals surface area contributed by atoms with Crippen LogP contribution < -0.4 is 20.9 Å². The molecule has 3 amide bonds. The van der Waals surface area contributed by atoms with Gasteiger partial charge >= 0.3 is 6.03 Å². The largest absolute Gasteiger partial charge is 0.378 e. The van der Waals surface area contributed by atoms with Gasteiger partial charge in [0, 0.05) is 25.2 Å². The van der Waals surface area contributed by atoms with Gasteiger partial charge in [0.2, 0.25) is 5.91 Å². The first-order valence-electron chi connectivity index (χ1n) is 11.2. The quantitative estimate of drug-likeness (QED) is 0.393. The number of morpholine rings is 1. The summed E-state index contributed by atoms with van der Waals surface area (Å²) in [5, 5.41) is 8.70. The molecule has 3 saturated heterocycles. The van der Waals surface area contributed by atoms with E-state index in [1.807, 2.05) is 18.2 Å². The van der Waals surface area contributed by atoms with Crippen LogP contribution in [0.25, 0.3) is 10.2 Å². The molecule has 0 bridgehead atoms. The molecule has 3 aliphatic rings. The Morgan fingerprint density at radius 1 is 1.24 bits per heavy atom. The van der Waals surface area contributed by atoms with Gasteiger partial charge in [-0.1, -0.05) is 17.8 Å². The van der Waals surface area contributed by atoms with Gasteiger partial charge in [-0.15, -0.1) is 0 Å². The Bertz CT molecular complexity index is 1160. The van der Waals surface area contributed by atoms with Crippen molar-refractivity contribution in [3.05, 3.63) is 18.2 Å². The molecule has 5 rings (SSSR count). The van der Waals surface area contributed by atoms with Crippen LogP contribution in [0.4, 0.5) is 15.6 Å². The average Bonchev–Trinajstić information content (AvgIpc) is 3.42. The number of carbonyl (C=O) groups excluding carboxylic acids is 2. The number of nitrogens with one attached hydrogen (secondary N) is 3. The fraction of sp³-hybridized carbons (Fsp3) is 0.571. The average molecular weight is 494 g/mol. The van der Waals surface area contributed by atoms with Gasteiger partial charge in [-0.05, 0) is 31.0 Å². The lowest BCUT2D eigenvalue weighted by molar-refractivity contribution is -0.116. The lowest BCUT2D eigenvalue weighted by Gasteiger charge is -2.25. The number of rotatable bonds is 7. The second kappa shape index (κ2) is 9.07. The predicted molar refractivity (Wildman–Crippen MR) is 127 cm³/mol. The molecule has 3 fully saturated rings. The van der Waals surface area contributed by atoms with E-state index in [-0.39, 0.29) is 29.8 Å². The molecule has 3 N–H and O–H groups in total. The molecule has 3 aliphatic heterocycles. The Balaban J connectivity index is 1.12. The number of nitrogens with zero attached hydrogens (tertiary/aromatic N) is 2. The number of hydrogen-bond acceptors (Lipinski definition) is 8. The van der Waals surface area contributed by atoms with Crippen molar-refractivity contribution in [3.8, 4) is 0 Å². The molecule has 12 heteroatoms. The van der Waals surface area contributed by atoms with Crippen molar-refractivity contribution in [2.24, 2.45) is 0 Å². The maximum atomic E-state index is 12.4. The zero-order chi connectivity index (χ0) is 23.0. The van der Waals surface area contributed by atoms with Crippen LogP contribution in [0.3, 0.4) is 0 Å². The standard InChI is InChI=1S/C21H27N5O5S2/c27-18(4-2-1-3-17-19-15(12-33(17,29)30)23-20(28)25-19)22-13-5-6-14-16(11-13)32-21(24-14)26-7-9-31-10-8-26/h5-6,11,15,17,19H,1-4,7-10,12H2,(H,22,27)(H2,23,25,28)/t15-,17-,19-/m1/s1. The van der Waals surface area contributed by atoms with Crippen molar-refractivity contribution in [2.75, 3.05) is 42.3 Å². The van der Waals surface area contributed by atoms with Crippen molar-refractivity contribution in [1.82, 2.24) is 15.6 Å². The van der Waals surface area contributed by atoms with Gasteiger partial charge in [-0.2, -0.15) is 0 Å². The molecule has 10 nitrogen and oxygen atoms in total. The van der Waals surface area contributed by atoms with Crippen LogP contribution >= 0.6 is 11.3 Å². The Morgan fingerprint density at radius 2 is 2.06 bits per heavy atom. The van der Waals surface area contributed by atoms with Gasteiger partial charge in [0.05, 0.1) is 46.5 Å². The van der Waals surface area contributed by atoms with E-state index in [0.717, 1.165) is 34.1 Å². The molecular weight excluding hydrogens is 466 g/mol. The van der Waals surface area contributed by atoms with E-state index < -0.39 is 15.1 Å². The second-order valence-electron chi connectivity index (χ2n) is 8.69. The molecule has 0 saturated carbocycles. The highest BCUT2D eigenvalue weighted by atomic mass is 32.2. The molecule has 1 aromatic heterocycles. The topological polar surface area (TPSA) is 130 Å². The van der Waals surface area contributed by atoms with Crippen molar-refractivity contribution in [3.63, 3.8) is 0 Å². The zero-order valence-electron chi connectivity index (χ0n) is 18.1. The fourth-order valence-electron chi connectivity index (χ4n) is 4.74. The van der Waals surface area contributed by atoms with Crippen LogP contribution in [-0.2, 0) is 19.4 Å². The number of unbranched alkanes of at least 4 members (excludes halogenated alkanes) is 1. The number of hydrogen-bond donors (Lipinski definition) is 3. The molecule has 3 atom stereocenters. The highest BCUT2D eigenvalue weighted by Gasteiger charge is 2.51. The highest BCUT2D eigenvalue weighted by Crippen LogP contribution is 2.31. The third-order valence-electron chi connectivity index (χ3n) is 6.41. The van der Waals surface area contributed by atoms with E-state index in [2.05, 4.69) is 20.9 Å². The number of ether oxygens (including phenoxy) is 1. The van der Waals surface area contributed by atoms with Gasteiger partial charge < -0.3 is 25.6 Å². The van der Waals surface area contributed by atoms with Gasteiger partial charge in [-0.3, -0.25) is 4.79 Å². The summed E-state index contributed by atoms with van der Waals surface area (Å²) in [5.74, 6) is -0.121. The third kappa shape index (κ3) is 4.78. The predicted octanol–water partition coefficient (Wildman–Crippen LogP) is 1.48. The van der Waals surface area contributed by atoms with Gasteiger partial charge in [0.15, 0.2) is 15.0 Å². The monoisotopic (exact) mass is 493 g/mol. The summed E-state index contributed by atoms with van der Waals surface area (Å²) in [6.07, 6.45) is 1.94. The molecule has 0 aliphatic carbocycles. The van der Waals surface area contributed by atoms with E-state index in [9.17, 15) is 18.0 Å². The summed E-state index contributed by atoms with van der Waals surface area (Å²) < 4.78 is 31.2. The van der Waals surface area contributed by atoms with Gasteiger partial charge in [0.1, 0.15) is 0 Å². The second-order valence-corrected chi connectivity index (χ2v) is 12.0. The number of sulfone groups is 1. The zero-order valence-corrected chi connectivity index (χ0v) is 19.7. The number of urea groups is 1. The molecule has 1 aromatic carbocycles. The lowest BCUT2D eigenvalue weighted by Crippen LogP contribution is -2.39. The van der Waals surface area contributed by atoms with E-state index >= 15 is 0 Å². The third-order valence-corrected chi connectivity index (χ3v) is 9.76. The maximum absolute atomic E-state index is 12.4. The minimum atomic E-state index is -3.24. The molecule has 0 unspecified atom stereocenters. The van der Waals surface area contributed by atoms with E-state index in [1.165, 1.54) is 0 Å². The van der Waals surface area contributed by atoms with Gasteiger partial charge in [-0.25, -0.2) is 18.2 Å². The van der Waals surface area contributed by atoms with E-state index in [1.54, 1.807) is 11.3 Å². The van der Waals surface area contributed by atoms with Crippen LogP contribution in [0.1, 0.15) is 25.7 Å². The first-order valence-corrected chi connectivity index (χ1v) is 13.7. The number of anilines is 2. The van der Waals surface area contributed by atoms with Crippen LogP contribution in [0, 0.1) is 0 Å². The van der Waals surface area contributed by atoms with Crippen molar-refractivity contribution in [1.29, 1.82) is 0 Å². The summed E-state index contributed by atoms with van der Waals surface area (Å²) in [5.41, 5.74) is 1.63. The first kappa shape index (κ1) is 22.4. The van der Waals surface area contributed by atoms with E-state index in [4.69, 9.17) is 9.72 Å². The van der Waals surface area contributed by atoms with E-state index in [0.29, 0.717) is 38.9 Å². The molecule has 33 heavy (non-hydrogen) atoms. The number of aromatic nitrogens is 1. The Labute approximate surface area is 196 Å². The number of thiazole rings is 1. The molecule has 4 heterocycles. The Hall–Kier alpha value is -2.44. The van der Waals surface area contributed by atoms with Crippen molar-refractivity contribution >= 4 is 54.1 Å². The molecule has 178 valence electrons. The summed E-state index contributed by atoms with van der Waals surface area (Å²) in [6, 6.07) is 4.68. The SMILES string of the molecule is O=C(CCCC[C@@H]1[C@@H]2NC(=O)N[C@@H]2CS1(=O)=O)Nc1ccc2nc(N3CCOCC3)sc2c1. The number of carbonyl (C=O) groups is 2. The number of fused-ring (bicyclic) bond motifs is 2. The summed E-state index contributed by atoms with van der Waals surface area (Å²) in [7, 11) is -3.24. The number of amides is 3. The minimum absolute atomic E-state index is 0.0190. The molecule has 0 spiro atoms. The van der Waals surface area contributed by atoms with Crippen LogP contribution in [0.2, 0.25) is 0 Å². The Morgan fingerprint density at radius 3 is 2.88 bits per heavy atom. The lowest BCUT2D eigenvalue weighted by atomic mass is 10.0. The van der Waals surface area contributed by atoms with Crippen LogP contribution in [0.15, 0.2) is 18.2 Å². The smallest absolute Gasteiger partial charge is 0.315 e. The first-order chi connectivity index (χ1) is 15.9. The van der Waals surface area contributed by atoms with Crippen LogP contribution in [-0.4, -0.2) is 74.7 Å².